The van der Waals surface area contributed by atoms with Gasteiger partial charge < -0.3 is 10.1 Å². The van der Waals surface area contributed by atoms with Crippen molar-refractivity contribution >= 4 is 28.9 Å². The van der Waals surface area contributed by atoms with Gasteiger partial charge in [-0.25, -0.2) is 0 Å². The Morgan fingerprint density at radius 1 is 1.21 bits per heavy atom. The fourth-order valence-corrected chi connectivity index (χ4v) is 3.14. The van der Waals surface area contributed by atoms with Crippen LogP contribution in [0.2, 0.25) is 0 Å². The van der Waals surface area contributed by atoms with E-state index in [9.17, 15) is 19.7 Å². The van der Waals surface area contributed by atoms with Gasteiger partial charge in [0.15, 0.2) is 11.9 Å². The number of non-ortho nitro benzene ring substituents is 1. The predicted octanol–water partition coefficient (Wildman–Crippen LogP) is 3.60. The number of nitro benzene ring substituents is 1. The molecule has 0 spiro atoms. The molecule has 0 saturated carbocycles. The van der Waals surface area contributed by atoms with Gasteiger partial charge in [-0.3, -0.25) is 24.6 Å². The quantitative estimate of drug-likeness (QED) is 0.613. The predicted molar refractivity (Wildman–Crippen MR) is 109 cm³/mol. The van der Waals surface area contributed by atoms with Gasteiger partial charge in [0.25, 0.3) is 11.6 Å². The lowest BCUT2D eigenvalue weighted by Gasteiger charge is -2.35. The minimum Gasteiger partial charge on any atom is -0.478 e. The number of nitrogens with zero attached hydrogens (tertiary/aromatic N) is 2. The summed E-state index contributed by atoms with van der Waals surface area (Å²) in [5, 5.41) is 13.9. The molecule has 1 N–H and O–H groups in total. The normalized spacial score (nSPS) is 15.7. The Morgan fingerprint density at radius 2 is 1.93 bits per heavy atom. The van der Waals surface area contributed by atoms with Crippen LogP contribution in [0.5, 0.6) is 5.75 Å². The molecule has 29 heavy (non-hydrogen) atoms. The van der Waals surface area contributed by atoms with Crippen molar-refractivity contribution in [3.63, 3.8) is 0 Å². The highest BCUT2D eigenvalue weighted by Crippen LogP contribution is 2.38. The second-order valence-corrected chi connectivity index (χ2v) is 7.46. The van der Waals surface area contributed by atoms with Gasteiger partial charge >= 0.3 is 0 Å². The zero-order chi connectivity index (χ0) is 21.3. The van der Waals surface area contributed by atoms with E-state index in [1.807, 2.05) is 39.8 Å². The maximum absolute atomic E-state index is 12.9. The van der Waals surface area contributed by atoms with E-state index in [-0.39, 0.29) is 35.7 Å². The Hall–Kier alpha value is -3.42. The van der Waals surface area contributed by atoms with Crippen molar-refractivity contribution < 1.29 is 19.2 Å². The van der Waals surface area contributed by atoms with Crippen molar-refractivity contribution in [1.82, 2.24) is 0 Å². The summed E-state index contributed by atoms with van der Waals surface area (Å²) in [4.78, 5) is 37.4. The van der Waals surface area contributed by atoms with Gasteiger partial charge in [0.1, 0.15) is 6.54 Å². The second-order valence-electron chi connectivity index (χ2n) is 7.46. The number of fused-ring (bicyclic) bond motifs is 1. The molecule has 1 unspecified atom stereocenters. The zero-order valence-electron chi connectivity index (χ0n) is 16.8. The first-order valence-corrected chi connectivity index (χ1v) is 9.31. The highest BCUT2D eigenvalue weighted by Gasteiger charge is 2.38. The molecule has 2 aromatic rings. The molecule has 152 valence electrons. The lowest BCUT2D eigenvalue weighted by Crippen LogP contribution is -2.50. The van der Waals surface area contributed by atoms with E-state index in [1.165, 1.54) is 23.1 Å². The van der Waals surface area contributed by atoms with Crippen molar-refractivity contribution in [2.45, 2.75) is 33.8 Å². The minimum absolute atomic E-state index is 0.139. The van der Waals surface area contributed by atoms with Gasteiger partial charge in [-0.1, -0.05) is 19.9 Å². The Bertz CT molecular complexity index is 986. The van der Waals surface area contributed by atoms with Crippen molar-refractivity contribution in [3.8, 4) is 5.75 Å². The summed E-state index contributed by atoms with van der Waals surface area (Å²) in [6, 6.07) is 9.59. The van der Waals surface area contributed by atoms with Crippen LogP contribution in [-0.4, -0.2) is 29.4 Å². The van der Waals surface area contributed by atoms with E-state index in [0.717, 1.165) is 11.1 Å². The topological polar surface area (TPSA) is 102 Å². The van der Waals surface area contributed by atoms with Crippen LogP contribution < -0.4 is 15.0 Å². The summed E-state index contributed by atoms with van der Waals surface area (Å²) in [5.41, 5.74) is 3.00. The van der Waals surface area contributed by atoms with Crippen molar-refractivity contribution in [1.29, 1.82) is 0 Å². The van der Waals surface area contributed by atoms with E-state index >= 15 is 0 Å². The Morgan fingerprint density at radius 3 is 2.55 bits per heavy atom. The summed E-state index contributed by atoms with van der Waals surface area (Å²) < 4.78 is 5.73. The van der Waals surface area contributed by atoms with E-state index in [0.29, 0.717) is 11.4 Å². The number of benzene rings is 2. The number of carbonyl (C=O) groups excluding carboxylic acids is 2. The Balaban J connectivity index is 1.88. The first-order valence-electron chi connectivity index (χ1n) is 9.31. The number of rotatable bonds is 5. The maximum atomic E-state index is 12.9. The van der Waals surface area contributed by atoms with Crippen LogP contribution >= 0.6 is 0 Å². The van der Waals surface area contributed by atoms with Gasteiger partial charge in [0.05, 0.1) is 16.7 Å². The van der Waals surface area contributed by atoms with E-state index < -0.39 is 11.0 Å². The lowest BCUT2D eigenvalue weighted by atomic mass is 10.0. The molecule has 3 rings (SSSR count). The summed E-state index contributed by atoms with van der Waals surface area (Å²) >= 11 is 0. The second kappa shape index (κ2) is 7.90. The van der Waals surface area contributed by atoms with Crippen molar-refractivity contribution in [3.05, 3.63) is 57.6 Å². The monoisotopic (exact) mass is 397 g/mol. The molecule has 0 aliphatic carbocycles. The number of carbonyl (C=O) groups is 2. The van der Waals surface area contributed by atoms with Gasteiger partial charge in [0, 0.05) is 11.8 Å². The van der Waals surface area contributed by atoms with Gasteiger partial charge in [-0.05, 0) is 49.1 Å². The largest absolute Gasteiger partial charge is 0.478 e. The first-order chi connectivity index (χ1) is 13.7. The van der Waals surface area contributed by atoms with Crippen molar-refractivity contribution in [2.75, 3.05) is 16.8 Å². The number of anilines is 2. The number of nitro groups is 1. The molecule has 0 fully saturated rings. The molecule has 1 atom stereocenters. The SMILES string of the molecule is Cc1ccc(NC(=O)CN2C(=O)C(C(C)C)Oc3cc([N+](=O)[O-])ccc32)cc1C. The van der Waals surface area contributed by atoms with Crippen LogP contribution in [0.15, 0.2) is 36.4 Å². The molecule has 2 aromatic carbocycles. The third-order valence-corrected chi connectivity index (χ3v) is 4.91. The molecule has 8 nitrogen and oxygen atoms in total. The Labute approximate surface area is 168 Å². The number of nitrogens with one attached hydrogen (secondary N) is 1. The van der Waals surface area contributed by atoms with E-state index in [4.69, 9.17) is 4.74 Å². The molecular formula is C21H23N3O5. The number of amides is 2. The minimum atomic E-state index is -0.820. The lowest BCUT2D eigenvalue weighted by molar-refractivity contribution is -0.384. The van der Waals surface area contributed by atoms with E-state index in [2.05, 4.69) is 5.32 Å². The average Bonchev–Trinajstić information content (AvgIpc) is 2.66. The molecule has 0 aromatic heterocycles. The van der Waals surface area contributed by atoms with Gasteiger partial charge in [-0.2, -0.15) is 0 Å². The highest BCUT2D eigenvalue weighted by atomic mass is 16.6. The number of hydrogen-bond acceptors (Lipinski definition) is 5. The smallest absolute Gasteiger partial charge is 0.273 e. The number of hydrogen-bond donors (Lipinski definition) is 1. The van der Waals surface area contributed by atoms with Crippen LogP contribution in [0, 0.1) is 29.9 Å². The summed E-state index contributed by atoms with van der Waals surface area (Å²) in [5.74, 6) is -0.663. The molecule has 0 bridgehead atoms. The fraction of sp³-hybridized carbons (Fsp3) is 0.333. The van der Waals surface area contributed by atoms with Crippen LogP contribution in [0.3, 0.4) is 0 Å². The molecule has 2 amide bonds. The van der Waals surface area contributed by atoms with Crippen LogP contribution in [0.4, 0.5) is 17.1 Å². The zero-order valence-corrected chi connectivity index (χ0v) is 16.8. The van der Waals surface area contributed by atoms with Crippen LogP contribution in [0.25, 0.3) is 0 Å². The maximum Gasteiger partial charge on any atom is 0.273 e. The average molecular weight is 397 g/mol. The molecule has 1 aliphatic heterocycles. The Kier molecular flexibility index (Phi) is 5.54. The van der Waals surface area contributed by atoms with Crippen LogP contribution in [0.1, 0.15) is 25.0 Å². The van der Waals surface area contributed by atoms with Crippen molar-refractivity contribution in [2.24, 2.45) is 5.92 Å². The standard InChI is InChI=1S/C21H23N3O5/c1-12(2)20-21(26)23(17-8-7-16(24(27)28)10-18(17)29-20)11-19(25)22-15-6-5-13(3)14(4)9-15/h5-10,12,20H,11H2,1-4H3,(H,22,25). The molecule has 0 radical (unpaired) electrons. The molecule has 8 heteroatoms. The molecule has 0 saturated heterocycles. The highest BCUT2D eigenvalue weighted by molar-refractivity contribution is 6.06. The summed E-state index contributed by atoms with van der Waals surface area (Å²) in [6.45, 7) is 7.35. The third-order valence-electron chi connectivity index (χ3n) is 4.91. The van der Waals surface area contributed by atoms with Gasteiger partial charge in [0.2, 0.25) is 5.91 Å². The molecular weight excluding hydrogens is 374 g/mol. The number of aryl methyl sites for hydroxylation is 2. The third kappa shape index (κ3) is 4.21. The molecule has 1 heterocycles. The van der Waals surface area contributed by atoms with Gasteiger partial charge in [-0.15, -0.1) is 0 Å². The first kappa shape index (κ1) is 20.3. The number of ether oxygens (including phenoxy) is 1. The summed E-state index contributed by atoms with van der Waals surface area (Å²) in [6.07, 6.45) is -0.820. The fourth-order valence-electron chi connectivity index (χ4n) is 3.14. The van der Waals surface area contributed by atoms with Crippen LogP contribution in [-0.2, 0) is 9.59 Å². The summed E-state index contributed by atoms with van der Waals surface area (Å²) in [7, 11) is 0. The van der Waals surface area contributed by atoms with E-state index in [1.54, 1.807) is 6.07 Å². The molecule has 1 aliphatic rings.